The number of rotatable bonds is 4. The molecule has 1 heterocycles. The third-order valence-electron chi connectivity index (χ3n) is 3.17. The zero-order valence-corrected chi connectivity index (χ0v) is 11.6. The summed E-state index contributed by atoms with van der Waals surface area (Å²) < 4.78 is 5.10. The summed E-state index contributed by atoms with van der Waals surface area (Å²) in [5, 5.41) is 3.27. The Kier molecular flexibility index (Phi) is 3.39. The minimum Gasteiger partial charge on any atom is -0.380 e. The fraction of sp³-hybridized carbons (Fsp3) is 0.188. The number of fused-ring (bicyclic) bond motifs is 1. The van der Waals surface area contributed by atoms with E-state index < -0.39 is 0 Å². The van der Waals surface area contributed by atoms with Gasteiger partial charge >= 0.3 is 0 Å². The van der Waals surface area contributed by atoms with Crippen LogP contribution in [0.2, 0.25) is 0 Å². The zero-order chi connectivity index (χ0) is 13.9. The summed E-state index contributed by atoms with van der Waals surface area (Å²) in [4.78, 5) is 7.79. The average Bonchev–Trinajstić information content (AvgIpc) is 2.82. The van der Waals surface area contributed by atoms with Crippen LogP contribution < -0.4 is 5.32 Å². The molecule has 102 valence electrons. The van der Waals surface area contributed by atoms with Gasteiger partial charge in [-0.1, -0.05) is 18.2 Å². The monoisotopic (exact) mass is 267 g/mol. The van der Waals surface area contributed by atoms with Crippen molar-refractivity contribution in [3.05, 3.63) is 53.6 Å². The molecule has 0 aliphatic rings. The summed E-state index contributed by atoms with van der Waals surface area (Å²) in [6.45, 7) is 2.70. The van der Waals surface area contributed by atoms with Gasteiger partial charge in [0.25, 0.3) is 0 Å². The van der Waals surface area contributed by atoms with Crippen LogP contribution in [0.1, 0.15) is 11.1 Å². The second-order valence-corrected chi connectivity index (χ2v) is 4.86. The number of hydrogen-bond donors (Lipinski definition) is 2. The van der Waals surface area contributed by atoms with Crippen molar-refractivity contribution in [1.82, 2.24) is 9.97 Å². The molecule has 0 amide bonds. The molecule has 0 saturated carbocycles. The lowest BCUT2D eigenvalue weighted by atomic mass is 10.2. The molecule has 0 aliphatic carbocycles. The molecule has 0 aliphatic heterocycles. The van der Waals surface area contributed by atoms with Crippen LogP contribution in [0.15, 0.2) is 42.5 Å². The first kappa shape index (κ1) is 12.7. The van der Waals surface area contributed by atoms with E-state index in [2.05, 4.69) is 34.3 Å². The number of aromatic nitrogens is 2. The van der Waals surface area contributed by atoms with Crippen molar-refractivity contribution < 1.29 is 4.74 Å². The van der Waals surface area contributed by atoms with Gasteiger partial charge in [-0.2, -0.15) is 0 Å². The maximum Gasteiger partial charge on any atom is 0.205 e. The second kappa shape index (κ2) is 5.35. The van der Waals surface area contributed by atoms with Crippen molar-refractivity contribution in [3.8, 4) is 0 Å². The minimum absolute atomic E-state index is 0.629. The Balaban J connectivity index is 1.81. The number of H-pyrrole nitrogens is 1. The minimum atomic E-state index is 0.629. The van der Waals surface area contributed by atoms with Gasteiger partial charge in [0.15, 0.2) is 0 Å². The third kappa shape index (κ3) is 2.65. The fourth-order valence-corrected chi connectivity index (χ4v) is 2.17. The lowest BCUT2D eigenvalue weighted by Crippen LogP contribution is -1.93. The first-order valence-electron chi connectivity index (χ1n) is 6.56. The molecular formula is C16H17N3O. The van der Waals surface area contributed by atoms with Crippen molar-refractivity contribution in [2.75, 3.05) is 12.4 Å². The normalized spacial score (nSPS) is 10.9. The molecule has 0 radical (unpaired) electrons. The van der Waals surface area contributed by atoms with E-state index in [0.717, 1.165) is 28.2 Å². The van der Waals surface area contributed by atoms with Crippen LogP contribution >= 0.6 is 0 Å². The van der Waals surface area contributed by atoms with Crippen molar-refractivity contribution in [1.29, 1.82) is 0 Å². The molecular weight excluding hydrogens is 250 g/mol. The van der Waals surface area contributed by atoms with Gasteiger partial charge in [0.2, 0.25) is 5.95 Å². The first-order valence-corrected chi connectivity index (χ1v) is 6.56. The van der Waals surface area contributed by atoms with E-state index in [9.17, 15) is 0 Å². The molecule has 0 unspecified atom stereocenters. The van der Waals surface area contributed by atoms with Crippen LogP contribution in [0.4, 0.5) is 11.6 Å². The molecule has 3 aromatic rings. The van der Waals surface area contributed by atoms with Crippen LogP contribution in [0.5, 0.6) is 0 Å². The molecule has 0 bridgehead atoms. The average molecular weight is 267 g/mol. The first-order chi connectivity index (χ1) is 9.74. The number of aromatic amines is 1. The largest absolute Gasteiger partial charge is 0.380 e. The summed E-state index contributed by atoms with van der Waals surface area (Å²) >= 11 is 0. The predicted octanol–water partition coefficient (Wildman–Crippen LogP) is 3.76. The number of nitrogens with zero attached hydrogens (tertiary/aromatic N) is 1. The summed E-state index contributed by atoms with van der Waals surface area (Å²) in [6.07, 6.45) is 0. The number of anilines is 2. The van der Waals surface area contributed by atoms with Crippen molar-refractivity contribution in [3.63, 3.8) is 0 Å². The Labute approximate surface area is 117 Å². The van der Waals surface area contributed by atoms with E-state index in [1.54, 1.807) is 7.11 Å². The fourth-order valence-electron chi connectivity index (χ4n) is 2.17. The van der Waals surface area contributed by atoms with Crippen LogP contribution in [-0.2, 0) is 11.3 Å². The molecule has 0 atom stereocenters. The number of methoxy groups -OCH3 is 1. The Bertz CT molecular complexity index is 716. The van der Waals surface area contributed by atoms with E-state index in [1.165, 1.54) is 5.56 Å². The Morgan fingerprint density at radius 2 is 1.95 bits per heavy atom. The van der Waals surface area contributed by atoms with Crippen molar-refractivity contribution in [2.24, 2.45) is 0 Å². The predicted molar refractivity (Wildman–Crippen MR) is 81.3 cm³/mol. The van der Waals surface area contributed by atoms with E-state index in [1.807, 2.05) is 30.3 Å². The van der Waals surface area contributed by atoms with Crippen LogP contribution in [0.3, 0.4) is 0 Å². The van der Waals surface area contributed by atoms with Crippen molar-refractivity contribution in [2.45, 2.75) is 13.5 Å². The molecule has 2 N–H and O–H groups in total. The summed E-state index contributed by atoms with van der Waals surface area (Å²) in [5.74, 6) is 0.755. The van der Waals surface area contributed by atoms with E-state index in [4.69, 9.17) is 4.74 Å². The summed E-state index contributed by atoms with van der Waals surface area (Å²) in [6, 6.07) is 14.3. The molecule has 3 rings (SSSR count). The van der Waals surface area contributed by atoms with E-state index in [-0.39, 0.29) is 0 Å². The number of aryl methyl sites for hydroxylation is 1. The highest BCUT2D eigenvalue weighted by Crippen LogP contribution is 2.19. The number of nitrogens with one attached hydrogen (secondary N) is 2. The van der Waals surface area contributed by atoms with Gasteiger partial charge in [-0.05, 0) is 42.3 Å². The summed E-state index contributed by atoms with van der Waals surface area (Å²) in [7, 11) is 1.70. The van der Waals surface area contributed by atoms with Gasteiger partial charge in [0.05, 0.1) is 17.6 Å². The lowest BCUT2D eigenvalue weighted by molar-refractivity contribution is 0.185. The van der Waals surface area contributed by atoms with Gasteiger partial charge in [-0.3, -0.25) is 0 Å². The van der Waals surface area contributed by atoms with Crippen molar-refractivity contribution >= 4 is 22.7 Å². The molecule has 2 aromatic carbocycles. The standard InChI is InChI=1S/C16H17N3O/c1-11-3-8-14-15(9-11)19-16(18-14)17-13-6-4-12(5-7-13)10-20-2/h3-9H,10H2,1-2H3,(H2,17,18,19). The molecule has 4 nitrogen and oxygen atoms in total. The van der Waals surface area contributed by atoms with E-state index >= 15 is 0 Å². The summed E-state index contributed by atoms with van der Waals surface area (Å²) in [5.41, 5.74) is 5.38. The van der Waals surface area contributed by atoms with Gasteiger partial charge in [-0.25, -0.2) is 4.98 Å². The molecule has 1 aromatic heterocycles. The van der Waals surface area contributed by atoms with Gasteiger partial charge in [0.1, 0.15) is 0 Å². The van der Waals surface area contributed by atoms with Gasteiger partial charge in [-0.15, -0.1) is 0 Å². The van der Waals surface area contributed by atoms with Crippen LogP contribution in [0, 0.1) is 6.92 Å². The Morgan fingerprint density at radius 1 is 1.15 bits per heavy atom. The number of hydrogen-bond acceptors (Lipinski definition) is 3. The smallest absolute Gasteiger partial charge is 0.205 e. The molecule has 0 fully saturated rings. The number of benzene rings is 2. The highest BCUT2D eigenvalue weighted by Gasteiger charge is 2.03. The SMILES string of the molecule is COCc1ccc(Nc2nc3ccc(C)cc3[nH]2)cc1. The Morgan fingerprint density at radius 3 is 2.70 bits per heavy atom. The highest BCUT2D eigenvalue weighted by atomic mass is 16.5. The van der Waals surface area contributed by atoms with E-state index in [0.29, 0.717) is 6.61 Å². The van der Waals surface area contributed by atoms with Gasteiger partial charge in [0, 0.05) is 12.8 Å². The molecule has 20 heavy (non-hydrogen) atoms. The van der Waals surface area contributed by atoms with Gasteiger partial charge < -0.3 is 15.0 Å². The maximum atomic E-state index is 5.10. The van der Waals surface area contributed by atoms with Crippen LogP contribution in [-0.4, -0.2) is 17.1 Å². The quantitative estimate of drug-likeness (QED) is 0.756. The highest BCUT2D eigenvalue weighted by molar-refractivity contribution is 5.79. The zero-order valence-electron chi connectivity index (χ0n) is 11.6. The van der Waals surface area contributed by atoms with Crippen LogP contribution in [0.25, 0.3) is 11.0 Å². The maximum absolute atomic E-state index is 5.10. The number of imidazole rings is 1. The molecule has 4 heteroatoms. The number of ether oxygens (including phenoxy) is 1. The Hall–Kier alpha value is -2.33. The second-order valence-electron chi connectivity index (χ2n) is 4.86. The third-order valence-corrected chi connectivity index (χ3v) is 3.17. The topological polar surface area (TPSA) is 49.9 Å². The molecule has 0 spiro atoms. The molecule has 0 saturated heterocycles. The lowest BCUT2D eigenvalue weighted by Gasteiger charge is -2.04.